The van der Waals surface area contributed by atoms with E-state index in [1.165, 1.54) is 5.69 Å². The minimum atomic E-state index is 0.153. The van der Waals surface area contributed by atoms with Gasteiger partial charge in [-0.05, 0) is 20.3 Å². The van der Waals surface area contributed by atoms with Gasteiger partial charge in [-0.2, -0.15) is 0 Å². The zero-order valence-electron chi connectivity index (χ0n) is 9.70. The molecule has 1 atom stereocenters. The van der Waals surface area contributed by atoms with Gasteiger partial charge >= 0.3 is 0 Å². The molecule has 0 aliphatic carbocycles. The van der Waals surface area contributed by atoms with E-state index in [0.29, 0.717) is 6.04 Å². The van der Waals surface area contributed by atoms with Crippen LogP contribution < -0.4 is 5.32 Å². The Kier molecular flexibility index (Phi) is 4.38. The van der Waals surface area contributed by atoms with Crippen LogP contribution in [0.4, 0.5) is 0 Å². The highest BCUT2D eigenvalue weighted by molar-refractivity contribution is 5.03. The van der Waals surface area contributed by atoms with Gasteiger partial charge in [0.1, 0.15) is 0 Å². The molecule has 0 saturated heterocycles. The summed E-state index contributed by atoms with van der Waals surface area (Å²) in [6, 6.07) is 0.593. The Balaban J connectivity index is 2.58. The Morgan fingerprint density at radius 2 is 2.33 bits per heavy atom. The molecule has 0 saturated carbocycles. The number of terminal acetylenes is 1. The zero-order chi connectivity index (χ0) is 11.3. The summed E-state index contributed by atoms with van der Waals surface area (Å²) in [6.45, 7) is 7.14. The second-order valence-corrected chi connectivity index (χ2v) is 3.89. The molecule has 82 valence electrons. The quantitative estimate of drug-likeness (QED) is 0.745. The van der Waals surface area contributed by atoms with E-state index < -0.39 is 0 Å². The Morgan fingerprint density at radius 1 is 1.60 bits per heavy atom. The van der Waals surface area contributed by atoms with E-state index in [2.05, 4.69) is 41.6 Å². The number of hydrogen-bond donors (Lipinski definition) is 1. The average Bonchev–Trinajstić information content (AvgIpc) is 2.67. The minimum Gasteiger partial charge on any atom is -0.331 e. The topological polar surface area (TPSA) is 29.9 Å². The van der Waals surface area contributed by atoms with E-state index in [1.807, 2.05) is 12.5 Å². The summed E-state index contributed by atoms with van der Waals surface area (Å²) in [6.07, 6.45) is 10.1. The summed E-state index contributed by atoms with van der Waals surface area (Å²) in [4.78, 5) is 4.14. The summed E-state index contributed by atoms with van der Waals surface area (Å²) in [5.74, 6) is 2.72. The SMILES string of the molecule is C#CC(CC)NCc1cncn1C(C)C. The van der Waals surface area contributed by atoms with Crippen molar-refractivity contribution >= 4 is 0 Å². The van der Waals surface area contributed by atoms with E-state index in [1.54, 1.807) is 0 Å². The van der Waals surface area contributed by atoms with Gasteiger partial charge < -0.3 is 4.57 Å². The first kappa shape index (κ1) is 11.8. The number of rotatable bonds is 5. The van der Waals surface area contributed by atoms with Gasteiger partial charge in [0.15, 0.2) is 0 Å². The number of imidazole rings is 1. The first-order chi connectivity index (χ1) is 7.19. The molecule has 0 aliphatic heterocycles. The molecule has 1 aromatic heterocycles. The molecule has 0 amide bonds. The average molecular weight is 205 g/mol. The predicted octanol–water partition coefficient (Wildman–Crippen LogP) is 1.97. The van der Waals surface area contributed by atoms with Gasteiger partial charge in [0, 0.05) is 18.8 Å². The molecular weight excluding hydrogens is 186 g/mol. The Labute approximate surface area is 91.9 Å². The molecular formula is C12H19N3. The van der Waals surface area contributed by atoms with Crippen LogP contribution >= 0.6 is 0 Å². The predicted molar refractivity (Wildman–Crippen MR) is 62.4 cm³/mol. The van der Waals surface area contributed by atoms with Crippen molar-refractivity contribution in [1.29, 1.82) is 0 Å². The summed E-state index contributed by atoms with van der Waals surface area (Å²) < 4.78 is 2.15. The van der Waals surface area contributed by atoms with Gasteiger partial charge in [0.25, 0.3) is 0 Å². The molecule has 1 heterocycles. The summed E-state index contributed by atoms with van der Waals surface area (Å²) in [7, 11) is 0. The molecule has 0 radical (unpaired) electrons. The van der Waals surface area contributed by atoms with Crippen LogP contribution in [0.2, 0.25) is 0 Å². The molecule has 1 aromatic rings. The monoisotopic (exact) mass is 205 g/mol. The van der Waals surface area contributed by atoms with Gasteiger partial charge in [-0.1, -0.05) is 12.8 Å². The first-order valence-corrected chi connectivity index (χ1v) is 5.39. The van der Waals surface area contributed by atoms with Crippen LogP contribution in [-0.4, -0.2) is 15.6 Å². The third kappa shape index (κ3) is 3.10. The van der Waals surface area contributed by atoms with Crippen molar-refractivity contribution in [1.82, 2.24) is 14.9 Å². The van der Waals surface area contributed by atoms with Crippen molar-refractivity contribution in [2.24, 2.45) is 0 Å². The fourth-order valence-corrected chi connectivity index (χ4v) is 1.48. The summed E-state index contributed by atoms with van der Waals surface area (Å²) in [5.41, 5.74) is 1.18. The van der Waals surface area contributed by atoms with Gasteiger partial charge in [-0.3, -0.25) is 5.32 Å². The second kappa shape index (κ2) is 5.57. The van der Waals surface area contributed by atoms with Crippen LogP contribution in [0.1, 0.15) is 38.9 Å². The van der Waals surface area contributed by atoms with E-state index in [-0.39, 0.29) is 6.04 Å². The lowest BCUT2D eigenvalue weighted by molar-refractivity contribution is 0.528. The molecule has 3 heteroatoms. The largest absolute Gasteiger partial charge is 0.331 e. The maximum atomic E-state index is 5.39. The van der Waals surface area contributed by atoms with E-state index in [9.17, 15) is 0 Å². The van der Waals surface area contributed by atoms with Crippen molar-refractivity contribution in [2.75, 3.05) is 0 Å². The van der Waals surface area contributed by atoms with Crippen LogP contribution in [0, 0.1) is 12.3 Å². The van der Waals surface area contributed by atoms with E-state index >= 15 is 0 Å². The van der Waals surface area contributed by atoms with Crippen molar-refractivity contribution in [2.45, 2.75) is 45.8 Å². The van der Waals surface area contributed by atoms with Crippen LogP contribution in [0.3, 0.4) is 0 Å². The third-order valence-corrected chi connectivity index (χ3v) is 2.44. The zero-order valence-corrected chi connectivity index (χ0v) is 9.70. The lowest BCUT2D eigenvalue weighted by Crippen LogP contribution is -2.27. The molecule has 1 N–H and O–H groups in total. The lowest BCUT2D eigenvalue weighted by Gasteiger charge is -2.14. The number of aromatic nitrogens is 2. The first-order valence-electron chi connectivity index (χ1n) is 5.39. The molecule has 0 aliphatic rings. The standard InChI is InChI=1S/C12H19N3/c1-5-11(6-2)14-8-12-7-13-9-15(12)10(3)4/h1,7,9-11,14H,6,8H2,2-4H3. The number of hydrogen-bond acceptors (Lipinski definition) is 2. The molecule has 3 nitrogen and oxygen atoms in total. The number of nitrogens with zero attached hydrogens (tertiary/aromatic N) is 2. The second-order valence-electron chi connectivity index (χ2n) is 3.89. The van der Waals surface area contributed by atoms with Crippen molar-refractivity contribution < 1.29 is 0 Å². The van der Waals surface area contributed by atoms with Gasteiger partial charge in [-0.25, -0.2) is 4.98 Å². The van der Waals surface area contributed by atoms with Crippen LogP contribution in [0.5, 0.6) is 0 Å². The maximum absolute atomic E-state index is 5.39. The van der Waals surface area contributed by atoms with Gasteiger partial charge in [0.2, 0.25) is 0 Å². The van der Waals surface area contributed by atoms with Crippen LogP contribution in [0.25, 0.3) is 0 Å². The fraction of sp³-hybridized carbons (Fsp3) is 0.583. The highest BCUT2D eigenvalue weighted by Gasteiger charge is 2.06. The number of nitrogens with one attached hydrogen (secondary N) is 1. The minimum absolute atomic E-state index is 0.153. The van der Waals surface area contributed by atoms with Crippen LogP contribution in [0.15, 0.2) is 12.5 Å². The lowest BCUT2D eigenvalue weighted by atomic mass is 10.2. The van der Waals surface area contributed by atoms with E-state index in [0.717, 1.165) is 13.0 Å². The molecule has 0 fully saturated rings. The molecule has 1 rings (SSSR count). The Bertz CT molecular complexity index is 333. The molecule has 0 bridgehead atoms. The molecule has 0 spiro atoms. The van der Waals surface area contributed by atoms with Gasteiger partial charge in [-0.15, -0.1) is 6.42 Å². The van der Waals surface area contributed by atoms with Crippen molar-refractivity contribution in [3.63, 3.8) is 0 Å². The van der Waals surface area contributed by atoms with E-state index in [4.69, 9.17) is 6.42 Å². The fourth-order valence-electron chi connectivity index (χ4n) is 1.48. The third-order valence-electron chi connectivity index (χ3n) is 2.44. The highest BCUT2D eigenvalue weighted by atomic mass is 15.1. The van der Waals surface area contributed by atoms with Crippen molar-refractivity contribution in [3.8, 4) is 12.3 Å². The summed E-state index contributed by atoms with van der Waals surface area (Å²) >= 11 is 0. The van der Waals surface area contributed by atoms with Gasteiger partial charge in [0.05, 0.1) is 18.1 Å². The summed E-state index contributed by atoms with van der Waals surface area (Å²) in [5, 5.41) is 3.32. The van der Waals surface area contributed by atoms with Crippen LogP contribution in [-0.2, 0) is 6.54 Å². The Morgan fingerprint density at radius 3 is 2.87 bits per heavy atom. The Hall–Kier alpha value is -1.27. The smallest absolute Gasteiger partial charge is 0.0951 e. The molecule has 1 unspecified atom stereocenters. The molecule has 15 heavy (non-hydrogen) atoms. The normalized spacial score (nSPS) is 12.7. The molecule has 0 aromatic carbocycles. The highest BCUT2D eigenvalue weighted by Crippen LogP contribution is 2.08. The maximum Gasteiger partial charge on any atom is 0.0951 e. The van der Waals surface area contributed by atoms with Crippen molar-refractivity contribution in [3.05, 3.63) is 18.2 Å².